The summed E-state index contributed by atoms with van der Waals surface area (Å²) in [6, 6.07) is 20.6. The highest BCUT2D eigenvalue weighted by Gasteiger charge is 2.58. The van der Waals surface area contributed by atoms with E-state index in [4.69, 9.17) is 24.5 Å². The van der Waals surface area contributed by atoms with Gasteiger partial charge in [0.15, 0.2) is 16.9 Å². The van der Waals surface area contributed by atoms with Gasteiger partial charge >= 0.3 is 34.7 Å². The van der Waals surface area contributed by atoms with Gasteiger partial charge in [0.2, 0.25) is 0 Å². The highest BCUT2D eigenvalue weighted by molar-refractivity contribution is 7.80. The van der Waals surface area contributed by atoms with Crippen molar-refractivity contribution in [1.82, 2.24) is 25.6 Å². The van der Waals surface area contributed by atoms with Gasteiger partial charge in [-0.2, -0.15) is 26.7 Å². The molecule has 27 heteroatoms. The number of oxime groups is 1. The van der Waals surface area contributed by atoms with Crippen molar-refractivity contribution in [3.05, 3.63) is 112 Å². The van der Waals surface area contributed by atoms with Gasteiger partial charge in [-0.15, -0.1) is 4.28 Å². The summed E-state index contributed by atoms with van der Waals surface area (Å²) in [6.45, 7) is 6.49. The van der Waals surface area contributed by atoms with Crippen molar-refractivity contribution >= 4 is 68.4 Å². The Morgan fingerprint density at radius 2 is 1.58 bits per heavy atom. The van der Waals surface area contributed by atoms with E-state index < -0.39 is 104 Å². The number of likely N-dealkylation sites (tertiary alicyclic amines) is 1. The van der Waals surface area contributed by atoms with Crippen molar-refractivity contribution in [3.63, 3.8) is 0 Å². The number of hydrogen-bond donors (Lipinski definition) is 6. The Bertz CT molecular complexity index is 2730. The first-order valence-electron chi connectivity index (χ1n) is 21.2. The fourth-order valence-electron chi connectivity index (χ4n) is 6.99. The molecule has 0 aliphatic carbocycles. The molecular weight excluding hydrogens is 986 g/mol. The van der Waals surface area contributed by atoms with Gasteiger partial charge in [0, 0.05) is 24.7 Å². The number of ether oxygens (including phenoxy) is 3. The van der Waals surface area contributed by atoms with Crippen molar-refractivity contribution in [2.45, 2.75) is 82.6 Å². The largest absolute Gasteiger partial charge is 0.489 e. The Hall–Kier alpha value is -7.36. The number of thiazole rings is 1. The molecule has 2 aliphatic rings. The van der Waals surface area contributed by atoms with Crippen LogP contribution >= 0.6 is 11.3 Å². The molecule has 3 atom stereocenters. The molecule has 0 saturated carbocycles. The molecule has 0 bridgehead atoms. The first-order valence-corrected chi connectivity index (χ1v) is 23.4. The lowest BCUT2D eigenvalue weighted by molar-refractivity contribution is -0.218. The van der Waals surface area contributed by atoms with Crippen LogP contribution in [0.4, 0.5) is 27.9 Å². The topological polar surface area (TPSA) is 298 Å². The van der Waals surface area contributed by atoms with E-state index in [2.05, 4.69) is 30.4 Å². The fraction of sp³-hybridized carbons (Fsp3) is 0.364. The Kier molecular flexibility index (Phi) is 15.9. The molecule has 2 saturated heterocycles. The standard InChI is InChI=1S/C44H47F3N8O14S2/c1-42(2,3)67-40(59)52-39-50-30(34(70-39)44(45,46)47)31(36(56)51-33-37(57)55(43(33,4)5)69-71(62,63)64)53-68-29(38(58)66-32(24-12-8-6-9-13-24)25-14-10-7-11-15-25)23-65-28-18-16-26(17-19-28)35(48)49-27-20-21-54(22-27)41(60)61/h6-19,27,29,32-33H,20-23H2,1-5H3,(H2,48,49)(H,51,56)(H,60,61)(H,50,52,59)(H,62,63,64). The Balaban J connectivity index is 1.36. The van der Waals surface area contributed by atoms with Crippen LogP contribution in [0, 0.1) is 5.41 Å². The Morgan fingerprint density at radius 3 is 2.10 bits per heavy atom. The van der Waals surface area contributed by atoms with Crippen LogP contribution in [-0.4, -0.2) is 124 Å². The van der Waals surface area contributed by atoms with Gasteiger partial charge in [-0.1, -0.05) is 77.2 Å². The van der Waals surface area contributed by atoms with E-state index in [0.29, 0.717) is 23.1 Å². The second-order valence-electron chi connectivity index (χ2n) is 17.3. The molecular formula is C44H47F3N8O14S2. The molecule has 6 rings (SSSR count). The monoisotopic (exact) mass is 1030 g/mol. The lowest BCUT2D eigenvalue weighted by Crippen LogP contribution is -2.76. The minimum atomic E-state index is -5.30. The number of alkyl halides is 3. The highest BCUT2D eigenvalue weighted by atomic mass is 32.3. The zero-order valence-electron chi connectivity index (χ0n) is 38.3. The molecule has 22 nitrogen and oxygen atoms in total. The number of carbonyl (C=O) groups is 5. The quantitative estimate of drug-likeness (QED) is 0.0190. The predicted octanol–water partition coefficient (Wildman–Crippen LogP) is 5.52. The summed E-state index contributed by atoms with van der Waals surface area (Å²) >= 11 is -0.139. The molecule has 0 radical (unpaired) electrons. The van der Waals surface area contributed by atoms with Crippen LogP contribution < -0.4 is 20.7 Å². The Labute approximate surface area is 407 Å². The molecule has 6 N–H and O–H groups in total. The van der Waals surface area contributed by atoms with Crippen LogP contribution in [0.15, 0.2) is 90.1 Å². The van der Waals surface area contributed by atoms with Crippen LogP contribution in [0.25, 0.3) is 0 Å². The van der Waals surface area contributed by atoms with Crippen molar-refractivity contribution in [2.24, 2.45) is 5.16 Å². The number of aromatic nitrogens is 1. The molecule has 2 aliphatic heterocycles. The number of carbonyl (C=O) groups excluding carboxylic acids is 4. The van der Waals surface area contributed by atoms with E-state index in [1.54, 1.807) is 60.7 Å². The summed E-state index contributed by atoms with van der Waals surface area (Å²) in [5.74, 6) is -4.03. The number of carboxylic acid groups (broad SMARTS) is 1. The molecule has 380 valence electrons. The number of halogens is 3. The Morgan fingerprint density at radius 1 is 0.972 bits per heavy atom. The van der Waals surface area contributed by atoms with E-state index in [9.17, 15) is 55.2 Å². The van der Waals surface area contributed by atoms with Crippen LogP contribution in [-0.2, 0) is 49.6 Å². The number of nitrogens with zero attached hydrogens (tertiary/aromatic N) is 4. The van der Waals surface area contributed by atoms with Gasteiger partial charge in [-0.3, -0.25) is 24.9 Å². The second kappa shape index (κ2) is 21.3. The third-order valence-corrected chi connectivity index (χ3v) is 11.7. The van der Waals surface area contributed by atoms with E-state index in [1.165, 1.54) is 63.8 Å². The molecule has 4 aromatic rings. The molecule has 71 heavy (non-hydrogen) atoms. The minimum Gasteiger partial charge on any atom is -0.489 e. The maximum atomic E-state index is 14.9. The molecule has 0 spiro atoms. The number of nitrogens with one attached hydrogen (secondary N) is 4. The fourth-order valence-corrected chi connectivity index (χ4v) is 8.27. The van der Waals surface area contributed by atoms with Crippen molar-refractivity contribution in [2.75, 3.05) is 25.0 Å². The number of amides is 4. The number of amidine groups is 1. The first kappa shape index (κ1) is 53.0. The number of hydroxylamine groups is 2. The lowest BCUT2D eigenvalue weighted by Gasteiger charge is -2.50. The van der Waals surface area contributed by atoms with Crippen LogP contribution in [0.5, 0.6) is 5.75 Å². The van der Waals surface area contributed by atoms with Crippen molar-refractivity contribution in [1.29, 1.82) is 5.41 Å². The van der Waals surface area contributed by atoms with Crippen LogP contribution in [0.1, 0.15) is 74.4 Å². The maximum absolute atomic E-state index is 14.9. The van der Waals surface area contributed by atoms with Crippen molar-refractivity contribution in [3.8, 4) is 5.75 Å². The molecule has 3 aromatic carbocycles. The van der Waals surface area contributed by atoms with Crippen molar-refractivity contribution < 1.29 is 78.6 Å². The van der Waals surface area contributed by atoms with E-state index >= 15 is 0 Å². The average Bonchev–Trinajstić information content (AvgIpc) is 3.95. The summed E-state index contributed by atoms with van der Waals surface area (Å²) in [5, 5.41) is 28.2. The smallest absolute Gasteiger partial charge is 0.427 e. The zero-order valence-corrected chi connectivity index (χ0v) is 39.9. The number of hydrogen-bond acceptors (Lipinski definition) is 16. The van der Waals surface area contributed by atoms with Gasteiger partial charge < -0.3 is 39.7 Å². The number of esters is 1. The van der Waals surface area contributed by atoms with Crippen LogP contribution in [0.2, 0.25) is 0 Å². The zero-order chi connectivity index (χ0) is 52.1. The predicted molar refractivity (Wildman–Crippen MR) is 245 cm³/mol. The third kappa shape index (κ3) is 13.7. The summed E-state index contributed by atoms with van der Waals surface area (Å²) in [6.07, 6.45) is -10.3. The number of benzene rings is 3. The summed E-state index contributed by atoms with van der Waals surface area (Å²) in [4.78, 5) is 74.7. The molecule has 2 fully saturated rings. The molecule has 3 heterocycles. The van der Waals surface area contributed by atoms with Gasteiger partial charge in [-0.05, 0) is 76.4 Å². The highest BCUT2D eigenvalue weighted by Crippen LogP contribution is 2.40. The summed E-state index contributed by atoms with van der Waals surface area (Å²) < 4.78 is 98.1. The number of β-lactam (4-membered cyclic amide) rings is 1. The normalized spacial score (nSPS) is 17.4. The van der Waals surface area contributed by atoms with Gasteiger partial charge in [0.1, 0.15) is 40.4 Å². The van der Waals surface area contributed by atoms with Gasteiger partial charge in [0.25, 0.3) is 17.9 Å². The number of anilines is 1. The number of rotatable bonds is 17. The third-order valence-electron chi connectivity index (χ3n) is 10.4. The average molecular weight is 1030 g/mol. The van der Waals surface area contributed by atoms with E-state index in [1.807, 2.05) is 0 Å². The molecule has 1 aromatic heterocycles. The maximum Gasteiger partial charge on any atom is 0.427 e. The summed E-state index contributed by atoms with van der Waals surface area (Å²) in [7, 11) is -5.27. The second-order valence-corrected chi connectivity index (χ2v) is 19.3. The molecule has 3 unspecified atom stereocenters. The first-order chi connectivity index (χ1) is 33.2. The van der Waals surface area contributed by atoms with Gasteiger partial charge in [-0.25, -0.2) is 19.4 Å². The van der Waals surface area contributed by atoms with Crippen LogP contribution in [0.3, 0.4) is 0 Å². The minimum absolute atomic E-state index is 0.0260. The van der Waals surface area contributed by atoms with Gasteiger partial charge in [0.05, 0.1) is 5.54 Å². The molecule has 4 amide bonds. The lowest BCUT2D eigenvalue weighted by atomic mass is 9.84. The summed E-state index contributed by atoms with van der Waals surface area (Å²) in [5.41, 5.74) is -4.12. The van der Waals surface area contributed by atoms with E-state index in [0.717, 1.165) is 0 Å². The van der Waals surface area contributed by atoms with E-state index in [-0.39, 0.29) is 47.1 Å². The SMILES string of the molecule is CC(C)(C)OC(=O)Nc1nc(C(=NOC(COc2ccc(C(=N)NC3CCN(C(=O)O)C3)cc2)C(=O)OC(c2ccccc2)c2ccccc2)C(=O)NC2C(=O)N(OS(=O)(=O)O)C2(C)C)c(C(F)(F)F)s1.